The van der Waals surface area contributed by atoms with Crippen molar-refractivity contribution in [3.8, 4) is 0 Å². The SMILES string of the molecule is CCOC(=O)c1ccc(NC(=O)C2=C(C)Nc3nc(CCCO)nn3[C@@H]2c2cccc(C)c2)cc1. The van der Waals surface area contributed by atoms with Crippen LogP contribution in [0.25, 0.3) is 0 Å². The lowest BCUT2D eigenvalue weighted by Crippen LogP contribution is -2.31. The van der Waals surface area contributed by atoms with Gasteiger partial charge in [-0.1, -0.05) is 29.8 Å². The van der Waals surface area contributed by atoms with Crippen LogP contribution >= 0.6 is 0 Å². The number of carbonyl (C=O) groups is 2. The molecule has 3 N–H and O–H groups in total. The number of allylic oxidation sites excluding steroid dienone is 1. The fourth-order valence-corrected chi connectivity index (χ4v) is 4.08. The van der Waals surface area contributed by atoms with Gasteiger partial charge in [0, 0.05) is 24.4 Å². The normalized spacial score (nSPS) is 14.8. The van der Waals surface area contributed by atoms with Crippen LogP contribution in [0.1, 0.15) is 53.6 Å². The Kier molecular flexibility index (Phi) is 7.26. The molecule has 0 radical (unpaired) electrons. The first kappa shape index (κ1) is 24.2. The highest BCUT2D eigenvalue weighted by Crippen LogP contribution is 2.36. The zero-order valence-corrected chi connectivity index (χ0v) is 20.0. The van der Waals surface area contributed by atoms with Gasteiger partial charge < -0.3 is 20.5 Å². The van der Waals surface area contributed by atoms with Gasteiger partial charge >= 0.3 is 5.97 Å². The van der Waals surface area contributed by atoms with Crippen LogP contribution in [0.5, 0.6) is 0 Å². The van der Waals surface area contributed by atoms with Crippen molar-refractivity contribution in [2.75, 3.05) is 23.8 Å². The Bertz CT molecular complexity index is 1260. The maximum Gasteiger partial charge on any atom is 0.338 e. The molecule has 3 aromatic rings. The quantitative estimate of drug-likeness (QED) is 0.426. The lowest BCUT2D eigenvalue weighted by Gasteiger charge is -2.29. The van der Waals surface area contributed by atoms with Crippen molar-refractivity contribution in [3.63, 3.8) is 0 Å². The monoisotopic (exact) mass is 475 g/mol. The number of aromatic nitrogens is 3. The number of benzene rings is 2. The van der Waals surface area contributed by atoms with Crippen LogP contribution in [0.3, 0.4) is 0 Å². The van der Waals surface area contributed by atoms with Crippen molar-refractivity contribution < 1.29 is 19.4 Å². The molecule has 182 valence electrons. The third-order valence-electron chi connectivity index (χ3n) is 5.71. The molecule has 2 heterocycles. The molecule has 0 fully saturated rings. The summed E-state index contributed by atoms with van der Waals surface area (Å²) in [6, 6.07) is 14.1. The van der Waals surface area contributed by atoms with Gasteiger partial charge in [0.25, 0.3) is 5.91 Å². The second kappa shape index (κ2) is 10.5. The number of hydrogen-bond acceptors (Lipinski definition) is 7. The summed E-state index contributed by atoms with van der Waals surface area (Å²) in [5, 5.41) is 20.0. The number of hydrogen-bond donors (Lipinski definition) is 3. The van der Waals surface area contributed by atoms with Gasteiger partial charge in [0.15, 0.2) is 5.82 Å². The minimum Gasteiger partial charge on any atom is -0.462 e. The molecular weight excluding hydrogens is 446 g/mol. The number of amides is 1. The summed E-state index contributed by atoms with van der Waals surface area (Å²) >= 11 is 0. The van der Waals surface area contributed by atoms with E-state index in [1.165, 1.54) is 0 Å². The molecule has 9 nitrogen and oxygen atoms in total. The maximum absolute atomic E-state index is 13.6. The van der Waals surface area contributed by atoms with Crippen molar-refractivity contribution >= 4 is 23.5 Å². The molecular formula is C26H29N5O4. The number of aliphatic hydroxyl groups is 1. The molecule has 1 aliphatic heterocycles. The van der Waals surface area contributed by atoms with E-state index in [1.807, 2.05) is 38.1 Å². The maximum atomic E-state index is 13.6. The summed E-state index contributed by atoms with van der Waals surface area (Å²) in [7, 11) is 0. The molecule has 0 unspecified atom stereocenters. The first-order chi connectivity index (χ1) is 16.9. The van der Waals surface area contributed by atoms with Gasteiger partial charge in [-0.2, -0.15) is 10.1 Å². The van der Waals surface area contributed by atoms with Gasteiger partial charge in [0.05, 0.1) is 17.7 Å². The number of ether oxygens (including phenoxy) is 1. The lowest BCUT2D eigenvalue weighted by molar-refractivity contribution is -0.113. The van der Waals surface area contributed by atoms with E-state index < -0.39 is 12.0 Å². The summed E-state index contributed by atoms with van der Waals surface area (Å²) in [4.78, 5) is 30.1. The number of esters is 1. The fraction of sp³-hybridized carbons (Fsp3) is 0.308. The highest BCUT2D eigenvalue weighted by atomic mass is 16.5. The number of aliphatic hydroxyl groups excluding tert-OH is 1. The summed E-state index contributed by atoms with van der Waals surface area (Å²) in [6.45, 7) is 5.94. The van der Waals surface area contributed by atoms with Gasteiger partial charge in [-0.3, -0.25) is 4.79 Å². The lowest BCUT2D eigenvalue weighted by atomic mass is 9.94. The molecule has 1 amide bonds. The van der Waals surface area contributed by atoms with Crippen molar-refractivity contribution in [1.82, 2.24) is 14.8 Å². The summed E-state index contributed by atoms with van der Waals surface area (Å²) in [5.74, 6) is 0.458. The summed E-state index contributed by atoms with van der Waals surface area (Å²) in [5.41, 5.74) is 4.13. The summed E-state index contributed by atoms with van der Waals surface area (Å²) in [6.07, 6.45) is 1.09. The Morgan fingerprint density at radius 3 is 2.63 bits per heavy atom. The topological polar surface area (TPSA) is 118 Å². The van der Waals surface area contributed by atoms with E-state index in [0.29, 0.717) is 53.7 Å². The number of carbonyl (C=O) groups excluding carboxylic acids is 2. The van der Waals surface area contributed by atoms with Crippen molar-refractivity contribution in [2.24, 2.45) is 0 Å². The van der Waals surface area contributed by atoms with E-state index in [4.69, 9.17) is 4.74 Å². The van der Waals surface area contributed by atoms with Crippen LogP contribution < -0.4 is 10.6 Å². The van der Waals surface area contributed by atoms with Gasteiger partial charge in [0.1, 0.15) is 6.04 Å². The molecule has 2 aromatic carbocycles. The smallest absolute Gasteiger partial charge is 0.338 e. The van der Waals surface area contributed by atoms with Gasteiger partial charge in [-0.15, -0.1) is 0 Å². The van der Waals surface area contributed by atoms with Crippen LogP contribution in [-0.4, -0.2) is 45.0 Å². The standard InChI is InChI=1S/C26H29N5O4/c1-4-35-25(34)18-10-12-20(13-11-18)28-24(33)22-17(3)27-26-29-21(9-6-14-32)30-31(26)23(22)19-8-5-7-16(2)15-19/h5,7-8,10-13,15,23,32H,4,6,9,14H2,1-3H3,(H,28,33)(H,27,29,30)/t23-/m1/s1. The van der Waals surface area contributed by atoms with Crippen molar-refractivity contribution in [1.29, 1.82) is 0 Å². The Morgan fingerprint density at radius 1 is 1.17 bits per heavy atom. The largest absolute Gasteiger partial charge is 0.462 e. The predicted octanol–water partition coefficient (Wildman–Crippen LogP) is 3.62. The molecule has 35 heavy (non-hydrogen) atoms. The molecule has 0 aliphatic carbocycles. The van der Waals surface area contributed by atoms with E-state index in [2.05, 4.69) is 20.7 Å². The first-order valence-electron chi connectivity index (χ1n) is 11.6. The van der Waals surface area contributed by atoms with Crippen molar-refractivity contribution in [2.45, 2.75) is 39.7 Å². The Morgan fingerprint density at radius 2 is 1.94 bits per heavy atom. The average molecular weight is 476 g/mol. The number of anilines is 2. The van der Waals surface area contributed by atoms with Crippen LogP contribution in [0.2, 0.25) is 0 Å². The fourth-order valence-electron chi connectivity index (χ4n) is 4.08. The number of rotatable bonds is 8. The van der Waals surface area contributed by atoms with E-state index in [-0.39, 0.29) is 12.5 Å². The van der Waals surface area contributed by atoms with Crippen LogP contribution in [-0.2, 0) is 16.0 Å². The third kappa shape index (κ3) is 5.25. The first-order valence-corrected chi connectivity index (χ1v) is 11.6. The van der Waals surface area contributed by atoms with Crippen molar-refractivity contribution in [3.05, 3.63) is 82.3 Å². The zero-order valence-electron chi connectivity index (χ0n) is 20.0. The molecule has 0 spiro atoms. The highest BCUT2D eigenvalue weighted by molar-refractivity contribution is 6.06. The predicted molar refractivity (Wildman–Crippen MR) is 132 cm³/mol. The molecule has 0 saturated carbocycles. The Balaban J connectivity index is 1.67. The summed E-state index contributed by atoms with van der Waals surface area (Å²) < 4.78 is 6.75. The van der Waals surface area contributed by atoms with E-state index in [0.717, 1.165) is 11.1 Å². The molecule has 1 aromatic heterocycles. The zero-order chi connectivity index (χ0) is 24.9. The molecule has 1 atom stereocenters. The molecule has 0 bridgehead atoms. The number of nitrogens with one attached hydrogen (secondary N) is 2. The number of aryl methyl sites for hydroxylation is 2. The van der Waals surface area contributed by atoms with Crippen LogP contribution in [0.4, 0.5) is 11.6 Å². The van der Waals surface area contributed by atoms with Gasteiger partial charge in [-0.25, -0.2) is 9.48 Å². The van der Waals surface area contributed by atoms with Gasteiger partial charge in [0.2, 0.25) is 5.95 Å². The third-order valence-corrected chi connectivity index (χ3v) is 5.71. The highest BCUT2D eigenvalue weighted by Gasteiger charge is 2.34. The molecule has 9 heteroatoms. The molecule has 0 saturated heterocycles. The molecule has 4 rings (SSSR count). The molecule has 1 aliphatic rings. The van der Waals surface area contributed by atoms with E-state index >= 15 is 0 Å². The minimum absolute atomic E-state index is 0.0541. The number of nitrogens with zero attached hydrogens (tertiary/aromatic N) is 3. The second-order valence-electron chi connectivity index (χ2n) is 8.36. The minimum atomic E-state index is -0.486. The number of fused-ring (bicyclic) bond motifs is 1. The van der Waals surface area contributed by atoms with Crippen LogP contribution in [0, 0.1) is 6.92 Å². The Hall–Kier alpha value is -3.98. The average Bonchev–Trinajstić information content (AvgIpc) is 3.24. The van der Waals surface area contributed by atoms with Gasteiger partial charge in [-0.05, 0) is 57.0 Å². The van der Waals surface area contributed by atoms with Crippen LogP contribution in [0.15, 0.2) is 59.8 Å². The van der Waals surface area contributed by atoms with E-state index in [1.54, 1.807) is 35.9 Å². The van der Waals surface area contributed by atoms with E-state index in [9.17, 15) is 14.7 Å². The second-order valence-corrected chi connectivity index (χ2v) is 8.36. The Labute approximate surface area is 203 Å².